The molecule has 2 heterocycles. The molecular weight excluding hydrogens is 286 g/mol. The van der Waals surface area contributed by atoms with Crippen molar-refractivity contribution in [3.8, 4) is 0 Å². The number of nitrogens with zero attached hydrogens (tertiary/aromatic N) is 5. The Bertz CT molecular complexity index is 664. The Morgan fingerprint density at radius 3 is 2.52 bits per heavy atom. The zero-order chi connectivity index (χ0) is 16.4. The molecular formula is C18H27N5. The molecule has 5 nitrogen and oxygen atoms in total. The second-order valence-electron chi connectivity index (χ2n) is 6.52. The average molecular weight is 313 g/mol. The van der Waals surface area contributed by atoms with Crippen LogP contribution in [0.1, 0.15) is 19.8 Å². The number of para-hydroxylation sites is 1. The Morgan fingerprint density at radius 1 is 1.13 bits per heavy atom. The molecule has 2 aromatic rings. The molecule has 124 valence electrons. The van der Waals surface area contributed by atoms with Crippen LogP contribution in [-0.4, -0.2) is 61.7 Å². The Balaban J connectivity index is 1.97. The normalized spacial score (nSPS) is 16.7. The maximum absolute atomic E-state index is 4.89. The summed E-state index contributed by atoms with van der Waals surface area (Å²) in [5, 5.41) is 1.12. The number of anilines is 2. The van der Waals surface area contributed by atoms with Gasteiger partial charge in [-0.05, 0) is 52.0 Å². The molecule has 1 aromatic carbocycles. The van der Waals surface area contributed by atoms with E-state index in [2.05, 4.69) is 61.0 Å². The lowest BCUT2D eigenvalue weighted by Gasteiger charge is -2.35. The number of rotatable bonds is 4. The van der Waals surface area contributed by atoms with Crippen LogP contribution in [0.15, 0.2) is 24.3 Å². The monoisotopic (exact) mass is 313 g/mol. The number of hydrogen-bond donors (Lipinski definition) is 0. The van der Waals surface area contributed by atoms with Crippen LogP contribution in [0.25, 0.3) is 10.9 Å². The van der Waals surface area contributed by atoms with Crippen LogP contribution in [0, 0.1) is 0 Å². The molecule has 0 N–H and O–H groups in total. The zero-order valence-electron chi connectivity index (χ0n) is 14.7. The first-order valence-electron chi connectivity index (χ1n) is 8.49. The van der Waals surface area contributed by atoms with E-state index in [9.17, 15) is 0 Å². The molecule has 3 rings (SSSR count). The standard InChI is InChI=1S/C18H27N5/c1-5-22(3)17-15-8-6-7-9-16(15)19-18(20-17)23(4)14-10-12-21(2)13-11-14/h6-9,14H,5,10-13H2,1-4H3. The van der Waals surface area contributed by atoms with Crippen LogP contribution >= 0.6 is 0 Å². The maximum atomic E-state index is 4.89. The van der Waals surface area contributed by atoms with Crippen LogP contribution in [-0.2, 0) is 0 Å². The lowest BCUT2D eigenvalue weighted by Crippen LogP contribution is -2.42. The summed E-state index contributed by atoms with van der Waals surface area (Å²) in [5.74, 6) is 1.86. The minimum atomic E-state index is 0.521. The number of hydrogen-bond acceptors (Lipinski definition) is 5. The Labute approximate surface area is 138 Å². The number of likely N-dealkylation sites (tertiary alicyclic amines) is 1. The van der Waals surface area contributed by atoms with Crippen LogP contribution in [0.5, 0.6) is 0 Å². The third kappa shape index (κ3) is 3.24. The van der Waals surface area contributed by atoms with Crippen LogP contribution in [0.2, 0.25) is 0 Å². The van der Waals surface area contributed by atoms with Gasteiger partial charge in [0, 0.05) is 32.1 Å². The topological polar surface area (TPSA) is 35.5 Å². The molecule has 0 unspecified atom stereocenters. The summed E-state index contributed by atoms with van der Waals surface area (Å²) in [5.41, 5.74) is 1.02. The summed E-state index contributed by atoms with van der Waals surface area (Å²) in [4.78, 5) is 16.6. The van der Waals surface area contributed by atoms with E-state index in [1.807, 2.05) is 6.07 Å². The lowest BCUT2D eigenvalue weighted by molar-refractivity contribution is 0.252. The van der Waals surface area contributed by atoms with Gasteiger partial charge in [-0.2, -0.15) is 4.98 Å². The maximum Gasteiger partial charge on any atom is 0.227 e. The van der Waals surface area contributed by atoms with E-state index in [-0.39, 0.29) is 0 Å². The molecule has 1 aromatic heterocycles. The van der Waals surface area contributed by atoms with Crippen molar-refractivity contribution in [1.82, 2.24) is 14.9 Å². The molecule has 0 radical (unpaired) electrons. The average Bonchev–Trinajstić information content (AvgIpc) is 2.60. The van der Waals surface area contributed by atoms with Gasteiger partial charge < -0.3 is 14.7 Å². The van der Waals surface area contributed by atoms with Gasteiger partial charge in [0.2, 0.25) is 5.95 Å². The summed E-state index contributed by atoms with van der Waals surface area (Å²) in [6, 6.07) is 8.81. The zero-order valence-corrected chi connectivity index (χ0v) is 14.7. The van der Waals surface area contributed by atoms with Gasteiger partial charge in [-0.25, -0.2) is 4.98 Å². The Morgan fingerprint density at radius 2 is 1.83 bits per heavy atom. The first-order chi connectivity index (χ1) is 11.1. The Kier molecular flexibility index (Phi) is 4.66. The minimum Gasteiger partial charge on any atom is -0.359 e. The number of fused-ring (bicyclic) bond motifs is 1. The van der Waals surface area contributed by atoms with Crippen molar-refractivity contribution < 1.29 is 0 Å². The summed E-state index contributed by atoms with van der Waals surface area (Å²) in [6.45, 7) is 5.37. The molecule has 5 heteroatoms. The highest BCUT2D eigenvalue weighted by molar-refractivity contribution is 5.90. The first-order valence-corrected chi connectivity index (χ1v) is 8.49. The van der Waals surface area contributed by atoms with E-state index in [1.165, 1.54) is 12.8 Å². The van der Waals surface area contributed by atoms with Gasteiger partial charge >= 0.3 is 0 Å². The quantitative estimate of drug-likeness (QED) is 0.867. The largest absolute Gasteiger partial charge is 0.359 e. The molecule has 0 spiro atoms. The van der Waals surface area contributed by atoms with E-state index in [0.717, 1.165) is 42.3 Å². The van der Waals surface area contributed by atoms with E-state index in [0.29, 0.717) is 6.04 Å². The third-order valence-electron chi connectivity index (χ3n) is 4.96. The fraction of sp³-hybridized carbons (Fsp3) is 0.556. The van der Waals surface area contributed by atoms with E-state index < -0.39 is 0 Å². The van der Waals surface area contributed by atoms with Gasteiger partial charge in [0.25, 0.3) is 0 Å². The van der Waals surface area contributed by atoms with E-state index in [4.69, 9.17) is 9.97 Å². The number of aromatic nitrogens is 2. The van der Waals surface area contributed by atoms with Gasteiger partial charge in [-0.1, -0.05) is 12.1 Å². The molecule has 0 aliphatic carbocycles. The van der Waals surface area contributed by atoms with Gasteiger partial charge in [0.05, 0.1) is 5.52 Å². The van der Waals surface area contributed by atoms with Crippen molar-refractivity contribution in [2.24, 2.45) is 0 Å². The second-order valence-corrected chi connectivity index (χ2v) is 6.52. The molecule has 1 aliphatic rings. The van der Waals surface area contributed by atoms with Crippen LogP contribution < -0.4 is 9.80 Å². The molecule has 1 fully saturated rings. The van der Waals surface area contributed by atoms with Crippen molar-refractivity contribution in [3.63, 3.8) is 0 Å². The highest BCUT2D eigenvalue weighted by atomic mass is 15.3. The van der Waals surface area contributed by atoms with Crippen molar-refractivity contribution in [2.75, 3.05) is 50.6 Å². The smallest absolute Gasteiger partial charge is 0.227 e. The lowest BCUT2D eigenvalue weighted by atomic mass is 10.0. The molecule has 23 heavy (non-hydrogen) atoms. The van der Waals surface area contributed by atoms with Crippen LogP contribution in [0.4, 0.5) is 11.8 Å². The summed E-state index contributed by atoms with van der Waals surface area (Å²) < 4.78 is 0. The van der Waals surface area contributed by atoms with Crippen LogP contribution in [0.3, 0.4) is 0 Å². The van der Waals surface area contributed by atoms with Gasteiger partial charge in [-0.15, -0.1) is 0 Å². The molecule has 1 aliphatic heterocycles. The minimum absolute atomic E-state index is 0.521. The van der Waals surface area contributed by atoms with E-state index >= 15 is 0 Å². The second kappa shape index (κ2) is 6.71. The fourth-order valence-electron chi connectivity index (χ4n) is 3.19. The van der Waals surface area contributed by atoms with Gasteiger partial charge in [-0.3, -0.25) is 0 Å². The SMILES string of the molecule is CCN(C)c1nc(N(C)C2CCN(C)CC2)nc2ccccc12. The van der Waals surface area contributed by atoms with Gasteiger partial charge in [0.1, 0.15) is 5.82 Å². The number of piperidine rings is 1. The molecule has 0 bridgehead atoms. The first kappa shape index (κ1) is 16.0. The van der Waals surface area contributed by atoms with Gasteiger partial charge in [0.15, 0.2) is 0 Å². The molecule has 0 saturated carbocycles. The van der Waals surface area contributed by atoms with Crippen molar-refractivity contribution >= 4 is 22.7 Å². The summed E-state index contributed by atoms with van der Waals surface area (Å²) in [6.07, 6.45) is 2.34. The van der Waals surface area contributed by atoms with Crippen molar-refractivity contribution in [1.29, 1.82) is 0 Å². The molecule has 0 atom stereocenters. The fourth-order valence-corrected chi connectivity index (χ4v) is 3.19. The predicted molar refractivity (Wildman–Crippen MR) is 97.4 cm³/mol. The predicted octanol–water partition coefficient (Wildman–Crippen LogP) is 2.62. The number of benzene rings is 1. The van der Waals surface area contributed by atoms with Crippen molar-refractivity contribution in [3.05, 3.63) is 24.3 Å². The third-order valence-corrected chi connectivity index (χ3v) is 4.96. The summed E-state index contributed by atoms with van der Waals surface area (Å²) >= 11 is 0. The molecule has 1 saturated heterocycles. The highest BCUT2D eigenvalue weighted by Gasteiger charge is 2.23. The van der Waals surface area contributed by atoms with E-state index in [1.54, 1.807) is 0 Å². The summed E-state index contributed by atoms with van der Waals surface area (Å²) in [7, 11) is 6.42. The highest BCUT2D eigenvalue weighted by Crippen LogP contribution is 2.27. The molecule has 0 amide bonds. The van der Waals surface area contributed by atoms with Crippen molar-refractivity contribution in [2.45, 2.75) is 25.8 Å². The Hall–Kier alpha value is -1.88.